The second kappa shape index (κ2) is 9.50. The second-order valence-corrected chi connectivity index (χ2v) is 9.57. The zero-order chi connectivity index (χ0) is 27.1. The molecule has 0 spiro atoms. The molecule has 192 valence electrons. The number of aromatic nitrogens is 4. The average Bonchev–Trinajstić information content (AvgIpc) is 3.35. The molecule has 40 heavy (non-hydrogen) atoms. The number of rotatable bonds is 5. The summed E-state index contributed by atoms with van der Waals surface area (Å²) >= 11 is 0. The number of pyridine rings is 3. The van der Waals surface area contributed by atoms with Crippen molar-refractivity contribution in [1.29, 1.82) is 0 Å². The molecule has 0 radical (unpaired) electrons. The van der Waals surface area contributed by atoms with Gasteiger partial charge in [-0.15, -0.1) is 0 Å². The molecule has 0 aliphatic carbocycles. The van der Waals surface area contributed by atoms with Crippen molar-refractivity contribution in [2.75, 3.05) is 0 Å². The first-order chi connectivity index (χ1) is 19.7. The summed E-state index contributed by atoms with van der Waals surface area (Å²) in [5.74, 6) is -2.18. The molecule has 0 unspecified atom stereocenters. The Morgan fingerprint density at radius 1 is 0.600 bits per heavy atom. The summed E-state index contributed by atoms with van der Waals surface area (Å²) in [7, 11) is 0. The third-order valence-electron chi connectivity index (χ3n) is 7.45. The minimum Gasteiger partial charge on any atom is -0.307 e. The van der Waals surface area contributed by atoms with Crippen LogP contribution in [0.2, 0.25) is 0 Å². The van der Waals surface area contributed by atoms with Gasteiger partial charge < -0.3 is 4.57 Å². The summed E-state index contributed by atoms with van der Waals surface area (Å²) in [6, 6.07) is 37.9. The smallest absolute Gasteiger partial charge is 0.249 e. The molecule has 4 heterocycles. The molecule has 0 bridgehead atoms. The minimum absolute atomic E-state index is 0.0501. The Morgan fingerprint density at radius 2 is 1.20 bits per heavy atom. The Balaban J connectivity index is 1.70. The Morgan fingerprint density at radius 3 is 1.80 bits per heavy atom. The molecule has 0 aliphatic heterocycles. The van der Waals surface area contributed by atoms with E-state index in [1.165, 1.54) is 12.3 Å². The van der Waals surface area contributed by atoms with E-state index >= 15 is 0 Å². The molecule has 0 saturated heterocycles. The van der Waals surface area contributed by atoms with Gasteiger partial charge in [-0.3, -0.25) is 4.98 Å². The van der Waals surface area contributed by atoms with Gasteiger partial charge in [0.1, 0.15) is 11.2 Å². The van der Waals surface area contributed by atoms with E-state index in [0.29, 0.717) is 11.3 Å². The van der Waals surface area contributed by atoms with Crippen molar-refractivity contribution in [2.45, 2.75) is 5.54 Å². The number of hydrogen-bond acceptors (Lipinski definition) is 3. The van der Waals surface area contributed by atoms with E-state index in [4.69, 9.17) is 4.98 Å². The summed E-state index contributed by atoms with van der Waals surface area (Å²) in [5, 5.41) is 1.76. The number of hydrogen-bond donors (Lipinski definition) is 0. The van der Waals surface area contributed by atoms with E-state index in [-0.39, 0.29) is 5.56 Å². The first-order valence-electron chi connectivity index (χ1n) is 12.9. The molecule has 4 nitrogen and oxygen atoms in total. The van der Waals surface area contributed by atoms with Gasteiger partial charge in [-0.05, 0) is 41.0 Å². The normalized spacial score (nSPS) is 11.8. The number of benzene rings is 3. The largest absolute Gasteiger partial charge is 0.307 e. The van der Waals surface area contributed by atoms with Gasteiger partial charge >= 0.3 is 0 Å². The molecular formula is C34H22F2N4. The lowest BCUT2D eigenvalue weighted by atomic mass is 9.76. The maximum atomic E-state index is 14.9. The van der Waals surface area contributed by atoms with Gasteiger partial charge in [0.05, 0.1) is 11.2 Å². The van der Waals surface area contributed by atoms with Crippen molar-refractivity contribution < 1.29 is 8.78 Å². The van der Waals surface area contributed by atoms with Crippen LogP contribution in [0.15, 0.2) is 134 Å². The maximum absolute atomic E-state index is 14.9. The van der Waals surface area contributed by atoms with E-state index in [0.717, 1.165) is 33.0 Å². The first kappa shape index (κ1) is 23.9. The highest BCUT2D eigenvalue weighted by molar-refractivity contribution is 6.07. The molecular weight excluding hydrogens is 502 g/mol. The molecule has 0 fully saturated rings. The molecule has 0 amide bonds. The van der Waals surface area contributed by atoms with Crippen LogP contribution in [-0.2, 0) is 5.54 Å². The first-order valence-corrected chi connectivity index (χ1v) is 12.9. The Labute approximate surface area is 229 Å². The molecule has 6 heteroatoms. The predicted molar refractivity (Wildman–Crippen MR) is 153 cm³/mol. The summed E-state index contributed by atoms with van der Waals surface area (Å²) in [5.41, 5.74) is 4.10. The highest BCUT2D eigenvalue weighted by Crippen LogP contribution is 2.46. The van der Waals surface area contributed by atoms with Crippen LogP contribution in [-0.4, -0.2) is 19.5 Å². The zero-order valence-corrected chi connectivity index (χ0v) is 21.2. The van der Waals surface area contributed by atoms with E-state index < -0.39 is 17.3 Å². The van der Waals surface area contributed by atoms with Crippen molar-refractivity contribution in [3.05, 3.63) is 162 Å². The highest BCUT2D eigenvalue weighted by Gasteiger charge is 2.41. The van der Waals surface area contributed by atoms with Crippen LogP contribution in [0.25, 0.3) is 33.2 Å². The van der Waals surface area contributed by atoms with Gasteiger partial charge in [0.25, 0.3) is 0 Å². The van der Waals surface area contributed by atoms with Crippen LogP contribution in [0.1, 0.15) is 16.7 Å². The lowest BCUT2D eigenvalue weighted by Crippen LogP contribution is -2.37. The van der Waals surface area contributed by atoms with E-state index in [2.05, 4.69) is 50.9 Å². The van der Waals surface area contributed by atoms with E-state index in [1.54, 1.807) is 12.3 Å². The third kappa shape index (κ3) is 3.53. The fraction of sp³-hybridized carbons (Fsp3) is 0.0294. The molecule has 7 aromatic rings. The Hall–Kier alpha value is -5.23. The summed E-state index contributed by atoms with van der Waals surface area (Å²) in [4.78, 5) is 12.9. The molecule has 3 aromatic carbocycles. The second-order valence-electron chi connectivity index (χ2n) is 9.57. The molecule has 4 aromatic heterocycles. The number of nitrogens with zero attached hydrogens (tertiary/aromatic N) is 4. The SMILES string of the molecule is Fc1nccc(-c2ccc3c4cnccc4n(C(c4ccccc4)(c4ccccc4)c4ccccc4)c3n2)c1F. The van der Waals surface area contributed by atoms with Gasteiger partial charge in [-0.25, -0.2) is 14.4 Å². The summed E-state index contributed by atoms with van der Waals surface area (Å²) in [6.07, 6.45) is 4.84. The highest BCUT2D eigenvalue weighted by atomic mass is 19.2. The quantitative estimate of drug-likeness (QED) is 0.171. The molecule has 0 atom stereocenters. The molecule has 0 N–H and O–H groups in total. The van der Waals surface area contributed by atoms with Crippen LogP contribution in [0.3, 0.4) is 0 Å². The topological polar surface area (TPSA) is 43.6 Å². The molecule has 0 aliphatic rings. The lowest BCUT2D eigenvalue weighted by molar-refractivity contribution is 0.481. The van der Waals surface area contributed by atoms with Crippen molar-refractivity contribution in [2.24, 2.45) is 0 Å². The Kier molecular flexibility index (Phi) is 5.67. The fourth-order valence-electron chi connectivity index (χ4n) is 5.76. The van der Waals surface area contributed by atoms with Crippen LogP contribution in [0, 0.1) is 11.8 Å². The zero-order valence-electron chi connectivity index (χ0n) is 21.2. The van der Waals surface area contributed by atoms with Gasteiger partial charge in [0, 0.05) is 34.9 Å². The summed E-state index contributed by atoms with van der Waals surface area (Å²) < 4.78 is 31.3. The summed E-state index contributed by atoms with van der Waals surface area (Å²) in [6.45, 7) is 0. The maximum Gasteiger partial charge on any atom is 0.249 e. The van der Waals surface area contributed by atoms with Gasteiger partial charge in [0.2, 0.25) is 5.95 Å². The van der Waals surface area contributed by atoms with E-state index in [1.807, 2.05) is 72.9 Å². The van der Waals surface area contributed by atoms with Gasteiger partial charge in [0.15, 0.2) is 5.82 Å². The lowest BCUT2D eigenvalue weighted by Gasteiger charge is -2.38. The number of fused-ring (bicyclic) bond motifs is 3. The standard InChI is InChI=1S/C34H22F2N4/c35-31-27(18-21-38-32(31)36)29-17-16-26-28-22-37-20-19-30(28)40(33(26)39-29)34(23-10-4-1-5-11-23,24-12-6-2-7-13-24)25-14-8-3-9-15-25/h1-22H. The fourth-order valence-corrected chi connectivity index (χ4v) is 5.76. The van der Waals surface area contributed by atoms with Crippen LogP contribution < -0.4 is 0 Å². The van der Waals surface area contributed by atoms with Gasteiger partial charge in [-0.2, -0.15) is 4.39 Å². The third-order valence-corrected chi connectivity index (χ3v) is 7.45. The monoisotopic (exact) mass is 524 g/mol. The van der Waals surface area contributed by atoms with Crippen molar-refractivity contribution >= 4 is 21.9 Å². The average molecular weight is 525 g/mol. The van der Waals surface area contributed by atoms with Gasteiger partial charge in [-0.1, -0.05) is 91.0 Å². The molecule has 0 saturated carbocycles. The predicted octanol–water partition coefficient (Wildman–Crippen LogP) is 7.76. The number of halogens is 2. The van der Waals surface area contributed by atoms with Crippen LogP contribution >= 0.6 is 0 Å². The van der Waals surface area contributed by atoms with Crippen molar-refractivity contribution in [3.63, 3.8) is 0 Å². The minimum atomic E-state index is -1.16. The van der Waals surface area contributed by atoms with E-state index in [9.17, 15) is 8.78 Å². The van der Waals surface area contributed by atoms with Crippen LogP contribution in [0.5, 0.6) is 0 Å². The van der Waals surface area contributed by atoms with Crippen molar-refractivity contribution in [3.8, 4) is 11.3 Å². The van der Waals surface area contributed by atoms with Crippen molar-refractivity contribution in [1.82, 2.24) is 19.5 Å². The van der Waals surface area contributed by atoms with Crippen LogP contribution in [0.4, 0.5) is 8.78 Å². The molecule has 7 rings (SSSR count). The Bertz CT molecular complexity index is 1870.